The Morgan fingerprint density at radius 2 is 1.88 bits per heavy atom. The van der Waals surface area contributed by atoms with E-state index < -0.39 is 0 Å². The van der Waals surface area contributed by atoms with Gasteiger partial charge in [0.05, 0.1) is 28.4 Å². The highest BCUT2D eigenvalue weighted by Crippen LogP contribution is 2.36. The molecule has 32 heavy (non-hydrogen) atoms. The van der Waals surface area contributed by atoms with Crippen molar-refractivity contribution in [3.8, 4) is 6.07 Å². The number of hydrogen-bond donors (Lipinski definition) is 0. The third kappa shape index (κ3) is 4.94. The molecule has 2 aromatic carbocycles. The van der Waals surface area contributed by atoms with E-state index in [1.807, 2.05) is 30.5 Å². The van der Waals surface area contributed by atoms with Crippen molar-refractivity contribution in [3.05, 3.63) is 81.9 Å². The summed E-state index contributed by atoms with van der Waals surface area (Å²) in [6, 6.07) is 15.9. The van der Waals surface area contributed by atoms with E-state index >= 15 is 0 Å². The lowest BCUT2D eigenvalue weighted by Crippen LogP contribution is -2.49. The van der Waals surface area contributed by atoms with E-state index in [0.717, 1.165) is 49.3 Å². The fraction of sp³-hybridized carbons (Fsp3) is 0.360. The van der Waals surface area contributed by atoms with Crippen molar-refractivity contribution in [1.82, 2.24) is 14.5 Å². The van der Waals surface area contributed by atoms with Gasteiger partial charge in [0.15, 0.2) is 0 Å². The van der Waals surface area contributed by atoms with Crippen molar-refractivity contribution >= 4 is 28.9 Å². The van der Waals surface area contributed by atoms with E-state index in [1.165, 1.54) is 5.56 Å². The first-order valence-electron chi connectivity index (χ1n) is 10.9. The van der Waals surface area contributed by atoms with E-state index in [0.29, 0.717) is 16.5 Å². The summed E-state index contributed by atoms with van der Waals surface area (Å²) >= 11 is 12.7. The third-order valence-corrected chi connectivity index (χ3v) is 6.58. The fourth-order valence-electron chi connectivity index (χ4n) is 4.37. The second kappa shape index (κ2) is 9.95. The van der Waals surface area contributed by atoms with E-state index in [1.54, 1.807) is 6.07 Å². The molecular formula is C25H27Cl2N5. The third-order valence-electron chi connectivity index (χ3n) is 6.03. The zero-order valence-electron chi connectivity index (χ0n) is 18.4. The van der Waals surface area contributed by atoms with Crippen molar-refractivity contribution in [3.63, 3.8) is 0 Å². The van der Waals surface area contributed by atoms with E-state index in [-0.39, 0.29) is 6.04 Å². The smallest absolute Gasteiger partial charge is 0.111 e. The zero-order chi connectivity index (χ0) is 22.7. The maximum atomic E-state index is 9.20. The van der Waals surface area contributed by atoms with Crippen molar-refractivity contribution < 1.29 is 0 Å². The van der Waals surface area contributed by atoms with Crippen molar-refractivity contribution in [2.75, 3.05) is 31.1 Å². The van der Waals surface area contributed by atoms with Gasteiger partial charge in [-0.3, -0.25) is 4.90 Å². The Morgan fingerprint density at radius 1 is 1.09 bits per heavy atom. The minimum Gasteiger partial charge on any atom is -0.361 e. The average Bonchev–Trinajstić information content (AvgIpc) is 3.27. The molecular weight excluding hydrogens is 441 g/mol. The Morgan fingerprint density at radius 3 is 2.56 bits per heavy atom. The topological polar surface area (TPSA) is 48.1 Å². The number of nitriles is 1. The molecule has 0 radical (unpaired) electrons. The minimum atomic E-state index is 0.138. The number of hydrogen-bond acceptors (Lipinski definition) is 4. The highest BCUT2D eigenvalue weighted by Gasteiger charge is 2.29. The van der Waals surface area contributed by atoms with E-state index in [9.17, 15) is 5.26 Å². The van der Waals surface area contributed by atoms with Crippen LogP contribution in [0.2, 0.25) is 10.0 Å². The molecule has 0 aliphatic carbocycles. The van der Waals surface area contributed by atoms with Gasteiger partial charge in [-0.05, 0) is 35.9 Å². The summed E-state index contributed by atoms with van der Waals surface area (Å²) < 4.78 is 2.26. The van der Waals surface area contributed by atoms with E-state index in [4.69, 9.17) is 23.2 Å². The molecule has 3 aromatic rings. The summed E-state index contributed by atoms with van der Waals surface area (Å²) in [6.07, 6.45) is 3.95. The van der Waals surface area contributed by atoms with Gasteiger partial charge in [-0.1, -0.05) is 49.2 Å². The molecule has 0 N–H and O–H groups in total. The molecule has 0 bridgehead atoms. The van der Waals surface area contributed by atoms with Crippen LogP contribution in [-0.2, 0) is 6.54 Å². The Kier molecular flexibility index (Phi) is 7.05. The largest absolute Gasteiger partial charge is 0.361 e. The molecule has 0 spiro atoms. The number of halogens is 2. The maximum Gasteiger partial charge on any atom is 0.111 e. The molecule has 1 aromatic heterocycles. The summed E-state index contributed by atoms with van der Waals surface area (Å²) in [7, 11) is 0. The molecule has 0 unspecified atom stereocenters. The van der Waals surface area contributed by atoms with Gasteiger partial charge in [0.25, 0.3) is 0 Å². The van der Waals surface area contributed by atoms with Crippen LogP contribution in [0.4, 0.5) is 5.69 Å². The number of nitrogens with zero attached hydrogens (tertiary/aromatic N) is 5. The van der Waals surface area contributed by atoms with Crippen LogP contribution in [0.25, 0.3) is 0 Å². The second-order valence-electron chi connectivity index (χ2n) is 8.47. The first-order chi connectivity index (χ1) is 15.5. The monoisotopic (exact) mass is 467 g/mol. The summed E-state index contributed by atoms with van der Waals surface area (Å²) in [5, 5.41) is 10.5. The van der Waals surface area contributed by atoms with Crippen LogP contribution in [0, 0.1) is 11.3 Å². The van der Waals surface area contributed by atoms with Gasteiger partial charge in [0, 0.05) is 56.1 Å². The predicted molar refractivity (Wildman–Crippen MR) is 130 cm³/mol. The number of benzene rings is 2. The van der Waals surface area contributed by atoms with Crippen LogP contribution in [0.1, 0.15) is 42.8 Å². The summed E-state index contributed by atoms with van der Waals surface area (Å²) in [4.78, 5) is 9.36. The normalized spacial score (nSPS) is 17.0. The van der Waals surface area contributed by atoms with Gasteiger partial charge in [0.2, 0.25) is 0 Å². The minimum absolute atomic E-state index is 0.138. The van der Waals surface area contributed by atoms with Crippen molar-refractivity contribution in [1.29, 1.82) is 5.26 Å². The lowest BCUT2D eigenvalue weighted by atomic mass is 10.0. The summed E-state index contributed by atoms with van der Waals surface area (Å²) in [5.74, 6) is 1.53. The van der Waals surface area contributed by atoms with Crippen LogP contribution in [0.3, 0.4) is 0 Å². The first kappa shape index (κ1) is 22.7. The van der Waals surface area contributed by atoms with Crippen molar-refractivity contribution in [2.45, 2.75) is 32.4 Å². The standard InChI is InChI=1S/C25H27Cl2N5/c1-18(2)25-29-9-10-31(25)13-11-30-12-14-32(23-8-3-19(16-28)15-22(23)27)24(17-30)20-4-6-21(26)7-5-20/h3-10,15,18,24H,11-14,17H2,1-2H3/t24-/m0/s1. The highest BCUT2D eigenvalue weighted by atomic mass is 35.5. The molecule has 1 atom stereocenters. The van der Waals surface area contributed by atoms with Gasteiger partial charge in [0.1, 0.15) is 5.82 Å². The first-order valence-corrected chi connectivity index (χ1v) is 11.7. The van der Waals surface area contributed by atoms with Crippen LogP contribution in [0.15, 0.2) is 54.9 Å². The Hall–Kier alpha value is -2.52. The number of imidazole rings is 1. The molecule has 5 nitrogen and oxygen atoms in total. The number of piperazine rings is 1. The predicted octanol–water partition coefficient (Wildman–Crippen LogP) is 5.75. The van der Waals surface area contributed by atoms with Gasteiger partial charge in [-0.15, -0.1) is 0 Å². The molecule has 2 heterocycles. The zero-order valence-corrected chi connectivity index (χ0v) is 19.9. The summed E-state index contributed by atoms with van der Waals surface area (Å²) in [6.45, 7) is 8.88. The number of aromatic nitrogens is 2. The van der Waals surface area contributed by atoms with Crippen LogP contribution in [0.5, 0.6) is 0 Å². The molecule has 1 fully saturated rings. The molecule has 166 valence electrons. The molecule has 4 rings (SSSR count). The van der Waals surface area contributed by atoms with Crippen molar-refractivity contribution in [2.24, 2.45) is 0 Å². The Labute approximate surface area is 199 Å². The molecule has 0 amide bonds. The van der Waals surface area contributed by atoms with Gasteiger partial charge >= 0.3 is 0 Å². The highest BCUT2D eigenvalue weighted by molar-refractivity contribution is 6.33. The second-order valence-corrected chi connectivity index (χ2v) is 9.32. The van der Waals surface area contributed by atoms with Gasteiger partial charge in [-0.2, -0.15) is 5.26 Å². The van der Waals surface area contributed by atoms with Crippen LogP contribution in [-0.4, -0.2) is 40.6 Å². The number of rotatable bonds is 6. The quantitative estimate of drug-likeness (QED) is 0.462. The van der Waals surface area contributed by atoms with E-state index in [2.05, 4.69) is 57.6 Å². The molecule has 1 aliphatic heterocycles. The molecule has 0 saturated carbocycles. The summed E-state index contributed by atoms with van der Waals surface area (Å²) in [5.41, 5.74) is 2.73. The molecule has 1 aliphatic rings. The molecule has 1 saturated heterocycles. The lowest BCUT2D eigenvalue weighted by Gasteiger charge is -2.43. The number of anilines is 1. The van der Waals surface area contributed by atoms with Gasteiger partial charge in [-0.25, -0.2) is 4.98 Å². The van der Waals surface area contributed by atoms with Crippen LogP contribution < -0.4 is 4.90 Å². The maximum absolute atomic E-state index is 9.20. The van der Waals surface area contributed by atoms with Crippen LogP contribution >= 0.6 is 23.2 Å². The fourth-order valence-corrected chi connectivity index (χ4v) is 4.79. The lowest BCUT2D eigenvalue weighted by molar-refractivity contribution is 0.215. The SMILES string of the molecule is CC(C)c1nccn1CCN1CCN(c2ccc(C#N)cc2Cl)[C@H](c2ccc(Cl)cc2)C1. The average molecular weight is 468 g/mol. The van der Waals surface area contributed by atoms with Gasteiger partial charge < -0.3 is 9.47 Å². The Bertz CT molecular complexity index is 1100. The Balaban J connectivity index is 1.56. The molecule has 7 heteroatoms.